The van der Waals surface area contributed by atoms with Gasteiger partial charge in [-0.1, -0.05) is 30.2 Å². The lowest BCUT2D eigenvalue weighted by Crippen LogP contribution is -2.14. The molecule has 27 heavy (non-hydrogen) atoms. The Morgan fingerprint density at radius 2 is 2.00 bits per heavy atom. The molecular weight excluding hydrogens is 342 g/mol. The first-order valence-corrected chi connectivity index (χ1v) is 9.91. The van der Waals surface area contributed by atoms with Crippen LogP contribution in [0.15, 0.2) is 24.3 Å². The normalized spacial score (nSPS) is 17.3. The second-order valence-corrected chi connectivity index (χ2v) is 7.28. The highest BCUT2D eigenvalue weighted by Gasteiger charge is 2.25. The highest BCUT2D eigenvalue weighted by molar-refractivity contribution is 5.89. The van der Waals surface area contributed by atoms with E-state index in [0.717, 1.165) is 30.5 Å². The third-order valence-electron chi connectivity index (χ3n) is 4.91. The highest BCUT2D eigenvalue weighted by atomic mass is 16.5. The van der Waals surface area contributed by atoms with Gasteiger partial charge in [0, 0.05) is 6.04 Å². The molecule has 6 heteroatoms. The van der Waals surface area contributed by atoms with Gasteiger partial charge in [0.05, 0.1) is 24.5 Å². The van der Waals surface area contributed by atoms with Crippen LogP contribution < -0.4 is 0 Å². The van der Waals surface area contributed by atoms with Crippen LogP contribution in [-0.2, 0) is 22.5 Å². The molecule has 0 aliphatic heterocycles. The number of ether oxygens (including phenoxy) is 2. The first-order chi connectivity index (χ1) is 13.1. The van der Waals surface area contributed by atoms with Crippen molar-refractivity contribution in [1.29, 1.82) is 0 Å². The summed E-state index contributed by atoms with van der Waals surface area (Å²) in [5, 5.41) is 8.83. The topological polar surface area (TPSA) is 66.2 Å². The molecule has 0 saturated heterocycles. The molecule has 0 fully saturated rings. The van der Waals surface area contributed by atoms with Crippen LogP contribution in [0.2, 0.25) is 0 Å². The SMILES string of the molecule is CCOC(=O)c1ccc(COC2CCCCCc3c2nnn3C(C)C)cc1. The van der Waals surface area contributed by atoms with E-state index in [9.17, 15) is 4.79 Å². The summed E-state index contributed by atoms with van der Waals surface area (Å²) in [7, 11) is 0. The molecule has 0 bridgehead atoms. The third kappa shape index (κ3) is 4.75. The van der Waals surface area contributed by atoms with E-state index in [1.54, 1.807) is 19.1 Å². The van der Waals surface area contributed by atoms with Crippen LogP contribution in [0.4, 0.5) is 0 Å². The van der Waals surface area contributed by atoms with E-state index < -0.39 is 0 Å². The number of rotatable bonds is 6. The zero-order valence-electron chi connectivity index (χ0n) is 16.5. The van der Waals surface area contributed by atoms with Crippen molar-refractivity contribution in [3.05, 3.63) is 46.8 Å². The smallest absolute Gasteiger partial charge is 0.338 e. The number of esters is 1. The molecule has 0 spiro atoms. The van der Waals surface area contributed by atoms with E-state index >= 15 is 0 Å². The Kier molecular flexibility index (Phi) is 6.61. The molecule has 1 aromatic heterocycles. The Bertz CT molecular complexity index is 753. The lowest BCUT2D eigenvalue weighted by Gasteiger charge is -2.21. The number of carbonyl (C=O) groups excluding carboxylic acids is 1. The molecule has 0 amide bonds. The molecule has 2 aromatic rings. The first-order valence-electron chi connectivity index (χ1n) is 9.91. The second-order valence-electron chi connectivity index (χ2n) is 7.28. The van der Waals surface area contributed by atoms with Gasteiger partial charge < -0.3 is 9.47 Å². The lowest BCUT2D eigenvalue weighted by molar-refractivity contribution is 0.0275. The molecule has 1 aliphatic carbocycles. The summed E-state index contributed by atoms with van der Waals surface area (Å²) in [6.07, 6.45) is 5.46. The van der Waals surface area contributed by atoms with Gasteiger partial charge in [-0.2, -0.15) is 0 Å². The van der Waals surface area contributed by atoms with Crippen LogP contribution in [0.3, 0.4) is 0 Å². The monoisotopic (exact) mass is 371 g/mol. The maximum atomic E-state index is 11.8. The van der Waals surface area contributed by atoms with Crippen molar-refractivity contribution in [2.24, 2.45) is 0 Å². The van der Waals surface area contributed by atoms with Gasteiger partial charge in [-0.3, -0.25) is 0 Å². The van der Waals surface area contributed by atoms with E-state index in [1.807, 2.05) is 16.8 Å². The maximum absolute atomic E-state index is 11.8. The molecule has 1 heterocycles. The van der Waals surface area contributed by atoms with Crippen molar-refractivity contribution >= 4 is 5.97 Å². The highest BCUT2D eigenvalue weighted by Crippen LogP contribution is 2.31. The van der Waals surface area contributed by atoms with Crippen molar-refractivity contribution in [3.63, 3.8) is 0 Å². The minimum Gasteiger partial charge on any atom is -0.462 e. The van der Waals surface area contributed by atoms with E-state index in [1.165, 1.54) is 18.5 Å². The maximum Gasteiger partial charge on any atom is 0.338 e. The fraction of sp³-hybridized carbons (Fsp3) is 0.571. The standard InChI is InChI=1S/C21H29N3O3/c1-4-26-21(25)17-12-10-16(11-13-17)14-27-19-9-7-5-6-8-18-20(19)22-23-24(18)15(2)3/h10-13,15,19H,4-9,14H2,1-3H3. The van der Waals surface area contributed by atoms with Gasteiger partial charge >= 0.3 is 5.97 Å². The fourth-order valence-electron chi connectivity index (χ4n) is 3.48. The van der Waals surface area contributed by atoms with E-state index in [0.29, 0.717) is 24.8 Å². The van der Waals surface area contributed by atoms with Crippen molar-refractivity contribution in [2.75, 3.05) is 6.61 Å². The molecule has 1 atom stereocenters. The molecule has 6 nitrogen and oxygen atoms in total. The largest absolute Gasteiger partial charge is 0.462 e. The number of fused-ring (bicyclic) bond motifs is 1. The number of hydrogen-bond donors (Lipinski definition) is 0. The quantitative estimate of drug-likeness (QED) is 0.704. The fourth-order valence-corrected chi connectivity index (χ4v) is 3.48. The van der Waals surface area contributed by atoms with Gasteiger partial charge in [-0.05, 0) is 57.7 Å². The third-order valence-corrected chi connectivity index (χ3v) is 4.91. The minimum atomic E-state index is -0.292. The minimum absolute atomic E-state index is 0.0301. The van der Waals surface area contributed by atoms with Crippen molar-refractivity contribution < 1.29 is 14.3 Å². The van der Waals surface area contributed by atoms with E-state index in [4.69, 9.17) is 9.47 Å². The molecular formula is C21H29N3O3. The van der Waals surface area contributed by atoms with E-state index in [-0.39, 0.29) is 12.1 Å². The second kappa shape index (κ2) is 9.13. The number of hydrogen-bond acceptors (Lipinski definition) is 5. The van der Waals surface area contributed by atoms with Gasteiger partial charge in [0.2, 0.25) is 0 Å². The van der Waals surface area contributed by atoms with Gasteiger partial charge in [0.15, 0.2) is 0 Å². The van der Waals surface area contributed by atoms with Gasteiger partial charge in [-0.25, -0.2) is 9.48 Å². The van der Waals surface area contributed by atoms with Gasteiger partial charge in [0.25, 0.3) is 0 Å². The number of aromatic nitrogens is 3. The Hall–Kier alpha value is -2.21. The van der Waals surface area contributed by atoms with Crippen molar-refractivity contribution in [1.82, 2.24) is 15.0 Å². The summed E-state index contributed by atoms with van der Waals surface area (Å²) in [4.78, 5) is 11.8. The Morgan fingerprint density at radius 1 is 1.22 bits per heavy atom. The number of nitrogens with zero attached hydrogens (tertiary/aromatic N) is 3. The lowest BCUT2D eigenvalue weighted by atomic mass is 9.98. The molecule has 1 aromatic carbocycles. The van der Waals surface area contributed by atoms with E-state index in [2.05, 4.69) is 24.2 Å². The predicted octanol–water partition coefficient (Wildman–Crippen LogP) is 4.41. The summed E-state index contributed by atoms with van der Waals surface area (Å²) in [5.41, 5.74) is 3.80. The average Bonchev–Trinajstić information content (AvgIpc) is 3.05. The zero-order chi connectivity index (χ0) is 19.2. The molecule has 0 N–H and O–H groups in total. The molecule has 3 rings (SSSR count). The summed E-state index contributed by atoms with van der Waals surface area (Å²) in [5.74, 6) is -0.292. The van der Waals surface area contributed by atoms with Crippen molar-refractivity contribution in [2.45, 2.75) is 71.6 Å². The summed E-state index contributed by atoms with van der Waals surface area (Å²) >= 11 is 0. The molecule has 0 saturated carbocycles. The summed E-state index contributed by atoms with van der Waals surface area (Å²) in [6, 6.07) is 7.71. The van der Waals surface area contributed by atoms with Crippen LogP contribution in [0.25, 0.3) is 0 Å². The van der Waals surface area contributed by atoms with Gasteiger partial charge in [-0.15, -0.1) is 5.10 Å². The zero-order valence-corrected chi connectivity index (χ0v) is 16.5. The van der Waals surface area contributed by atoms with Crippen LogP contribution in [0.1, 0.15) is 85.9 Å². The molecule has 1 aliphatic rings. The van der Waals surface area contributed by atoms with Gasteiger partial charge in [0.1, 0.15) is 11.8 Å². The van der Waals surface area contributed by atoms with Crippen LogP contribution in [0, 0.1) is 0 Å². The van der Waals surface area contributed by atoms with Crippen LogP contribution in [0.5, 0.6) is 0 Å². The Morgan fingerprint density at radius 3 is 2.70 bits per heavy atom. The Labute approximate surface area is 160 Å². The number of benzene rings is 1. The Balaban J connectivity index is 1.69. The molecule has 1 unspecified atom stereocenters. The summed E-state index contributed by atoms with van der Waals surface area (Å²) in [6.45, 7) is 6.94. The van der Waals surface area contributed by atoms with Crippen LogP contribution >= 0.6 is 0 Å². The average molecular weight is 371 g/mol. The molecule has 146 valence electrons. The predicted molar refractivity (Wildman–Crippen MR) is 103 cm³/mol. The number of carbonyl (C=O) groups is 1. The molecule has 0 radical (unpaired) electrons. The first kappa shape index (κ1) is 19.5. The van der Waals surface area contributed by atoms with Crippen LogP contribution in [-0.4, -0.2) is 27.6 Å². The summed E-state index contributed by atoms with van der Waals surface area (Å²) < 4.78 is 13.3. The van der Waals surface area contributed by atoms with Crippen molar-refractivity contribution in [3.8, 4) is 0 Å².